The summed E-state index contributed by atoms with van der Waals surface area (Å²) < 4.78 is 11.0. The molecule has 3 heteroatoms. The van der Waals surface area contributed by atoms with Crippen molar-refractivity contribution in [1.29, 1.82) is 0 Å². The molecule has 1 heterocycles. The topological polar surface area (TPSA) is 30.5 Å². The van der Waals surface area contributed by atoms with Crippen molar-refractivity contribution >= 4 is 0 Å². The van der Waals surface area contributed by atoms with E-state index >= 15 is 0 Å². The molecule has 1 aliphatic carbocycles. The summed E-state index contributed by atoms with van der Waals surface area (Å²) in [7, 11) is 0. The highest BCUT2D eigenvalue weighted by atomic mass is 16.7. The Bertz CT molecular complexity index is 165. The second-order valence-corrected chi connectivity index (χ2v) is 4.26. The van der Waals surface area contributed by atoms with E-state index in [2.05, 4.69) is 12.2 Å². The lowest BCUT2D eigenvalue weighted by Crippen LogP contribution is -2.41. The van der Waals surface area contributed by atoms with Gasteiger partial charge in [-0.3, -0.25) is 0 Å². The van der Waals surface area contributed by atoms with Gasteiger partial charge in [0.1, 0.15) is 0 Å². The maximum Gasteiger partial charge on any atom is 0.159 e. The van der Waals surface area contributed by atoms with Gasteiger partial charge in [-0.25, -0.2) is 0 Å². The fourth-order valence-corrected chi connectivity index (χ4v) is 2.30. The van der Waals surface area contributed by atoms with Gasteiger partial charge in [0.2, 0.25) is 0 Å². The zero-order chi connectivity index (χ0) is 9.80. The summed E-state index contributed by atoms with van der Waals surface area (Å²) in [6.45, 7) is 4.76. The SMILES string of the molecule is CCNC(CC1OCCO1)C1CCC1. The molecule has 1 N–H and O–H groups in total. The van der Waals surface area contributed by atoms with E-state index in [1.807, 2.05) is 0 Å². The molecular formula is C11H21NO2. The Morgan fingerprint density at radius 3 is 2.50 bits per heavy atom. The van der Waals surface area contributed by atoms with Crippen molar-refractivity contribution in [2.45, 2.75) is 44.9 Å². The molecule has 14 heavy (non-hydrogen) atoms. The average Bonchev–Trinajstić information content (AvgIpc) is 2.54. The molecule has 1 saturated heterocycles. The van der Waals surface area contributed by atoms with E-state index in [-0.39, 0.29) is 6.29 Å². The first-order valence-corrected chi connectivity index (χ1v) is 5.86. The summed E-state index contributed by atoms with van der Waals surface area (Å²) in [5.41, 5.74) is 0. The molecule has 0 aromatic heterocycles. The Balaban J connectivity index is 1.76. The van der Waals surface area contributed by atoms with Gasteiger partial charge >= 0.3 is 0 Å². The number of ether oxygens (including phenoxy) is 2. The lowest BCUT2D eigenvalue weighted by Gasteiger charge is -2.35. The molecule has 0 amide bonds. The van der Waals surface area contributed by atoms with Crippen molar-refractivity contribution in [2.75, 3.05) is 19.8 Å². The Morgan fingerprint density at radius 1 is 1.29 bits per heavy atom. The van der Waals surface area contributed by atoms with Crippen molar-refractivity contribution in [2.24, 2.45) is 5.92 Å². The number of hydrogen-bond donors (Lipinski definition) is 1. The molecule has 0 bridgehead atoms. The van der Waals surface area contributed by atoms with Crippen LogP contribution in [-0.2, 0) is 9.47 Å². The minimum Gasteiger partial charge on any atom is -0.350 e. The van der Waals surface area contributed by atoms with Crippen LogP contribution in [0.5, 0.6) is 0 Å². The van der Waals surface area contributed by atoms with Gasteiger partial charge in [-0.1, -0.05) is 13.3 Å². The standard InChI is InChI=1S/C11H21NO2/c1-2-12-10(9-4-3-5-9)8-11-13-6-7-14-11/h9-12H,2-8H2,1H3. The molecule has 2 aliphatic rings. The van der Waals surface area contributed by atoms with Crippen molar-refractivity contribution < 1.29 is 9.47 Å². The third kappa shape index (κ3) is 2.47. The van der Waals surface area contributed by atoms with Crippen LogP contribution in [0.2, 0.25) is 0 Å². The molecule has 82 valence electrons. The number of nitrogens with one attached hydrogen (secondary N) is 1. The highest BCUT2D eigenvalue weighted by Gasteiger charge is 2.30. The smallest absolute Gasteiger partial charge is 0.159 e. The number of hydrogen-bond acceptors (Lipinski definition) is 3. The Morgan fingerprint density at radius 2 is 2.00 bits per heavy atom. The summed E-state index contributed by atoms with van der Waals surface area (Å²) >= 11 is 0. The summed E-state index contributed by atoms with van der Waals surface area (Å²) in [5, 5.41) is 3.55. The molecule has 2 fully saturated rings. The van der Waals surface area contributed by atoms with E-state index in [9.17, 15) is 0 Å². The van der Waals surface area contributed by atoms with E-state index in [0.717, 1.165) is 32.1 Å². The first-order valence-electron chi connectivity index (χ1n) is 5.86. The predicted molar refractivity (Wildman–Crippen MR) is 55.1 cm³/mol. The zero-order valence-electron chi connectivity index (χ0n) is 9.00. The molecule has 1 saturated carbocycles. The van der Waals surface area contributed by atoms with Gasteiger partial charge in [-0.15, -0.1) is 0 Å². The fourth-order valence-electron chi connectivity index (χ4n) is 2.30. The lowest BCUT2D eigenvalue weighted by atomic mass is 9.78. The van der Waals surface area contributed by atoms with Crippen LogP contribution in [0.4, 0.5) is 0 Å². The van der Waals surface area contributed by atoms with Crippen LogP contribution >= 0.6 is 0 Å². The first kappa shape index (κ1) is 10.4. The first-order chi connectivity index (χ1) is 6.90. The van der Waals surface area contributed by atoms with Crippen LogP contribution in [0.25, 0.3) is 0 Å². The molecule has 0 radical (unpaired) electrons. The van der Waals surface area contributed by atoms with E-state index in [1.165, 1.54) is 19.3 Å². The van der Waals surface area contributed by atoms with Crippen LogP contribution in [0, 0.1) is 5.92 Å². The molecule has 0 aromatic rings. The minimum atomic E-state index is 0.0552. The quantitative estimate of drug-likeness (QED) is 0.728. The maximum absolute atomic E-state index is 5.49. The second kappa shape index (κ2) is 5.10. The molecule has 0 spiro atoms. The third-order valence-corrected chi connectivity index (χ3v) is 3.32. The van der Waals surface area contributed by atoms with E-state index in [0.29, 0.717) is 6.04 Å². The Kier molecular flexibility index (Phi) is 3.79. The summed E-state index contributed by atoms with van der Waals surface area (Å²) in [6, 6.07) is 0.608. The van der Waals surface area contributed by atoms with E-state index in [4.69, 9.17) is 9.47 Å². The van der Waals surface area contributed by atoms with E-state index in [1.54, 1.807) is 0 Å². The van der Waals surface area contributed by atoms with Crippen molar-refractivity contribution in [1.82, 2.24) is 5.32 Å². The molecule has 1 unspecified atom stereocenters. The monoisotopic (exact) mass is 199 g/mol. The van der Waals surface area contributed by atoms with Crippen LogP contribution < -0.4 is 5.32 Å². The molecule has 1 atom stereocenters. The van der Waals surface area contributed by atoms with Gasteiger partial charge in [-0.05, 0) is 25.3 Å². The van der Waals surface area contributed by atoms with Gasteiger partial charge in [0.15, 0.2) is 6.29 Å². The fraction of sp³-hybridized carbons (Fsp3) is 1.00. The zero-order valence-corrected chi connectivity index (χ0v) is 9.00. The normalized spacial score (nSPS) is 26.4. The summed E-state index contributed by atoms with van der Waals surface area (Å²) in [6.07, 6.45) is 5.24. The van der Waals surface area contributed by atoms with Gasteiger partial charge in [0.25, 0.3) is 0 Å². The van der Waals surface area contributed by atoms with Gasteiger partial charge < -0.3 is 14.8 Å². The van der Waals surface area contributed by atoms with Gasteiger partial charge in [-0.2, -0.15) is 0 Å². The molecule has 2 rings (SSSR count). The molecule has 0 aromatic carbocycles. The highest BCUT2D eigenvalue weighted by molar-refractivity contribution is 4.83. The van der Waals surface area contributed by atoms with Crippen molar-refractivity contribution in [3.8, 4) is 0 Å². The minimum absolute atomic E-state index is 0.0552. The van der Waals surface area contributed by atoms with Gasteiger partial charge in [0.05, 0.1) is 13.2 Å². The second-order valence-electron chi connectivity index (χ2n) is 4.26. The molecule has 3 nitrogen and oxygen atoms in total. The van der Waals surface area contributed by atoms with E-state index < -0.39 is 0 Å². The van der Waals surface area contributed by atoms with Crippen molar-refractivity contribution in [3.63, 3.8) is 0 Å². The lowest BCUT2D eigenvalue weighted by molar-refractivity contribution is -0.0591. The third-order valence-electron chi connectivity index (χ3n) is 3.32. The summed E-state index contributed by atoms with van der Waals surface area (Å²) in [4.78, 5) is 0. The average molecular weight is 199 g/mol. The van der Waals surface area contributed by atoms with Crippen LogP contribution in [0.1, 0.15) is 32.6 Å². The maximum atomic E-state index is 5.49. The Labute approximate surface area is 86.2 Å². The number of rotatable bonds is 5. The van der Waals surface area contributed by atoms with Crippen LogP contribution in [-0.4, -0.2) is 32.1 Å². The Hall–Kier alpha value is -0.120. The van der Waals surface area contributed by atoms with Crippen LogP contribution in [0.3, 0.4) is 0 Å². The van der Waals surface area contributed by atoms with Gasteiger partial charge in [0, 0.05) is 12.5 Å². The largest absolute Gasteiger partial charge is 0.350 e. The predicted octanol–water partition coefficient (Wildman–Crippen LogP) is 1.53. The van der Waals surface area contributed by atoms with Crippen LogP contribution in [0.15, 0.2) is 0 Å². The molecular weight excluding hydrogens is 178 g/mol. The highest BCUT2D eigenvalue weighted by Crippen LogP contribution is 2.32. The molecule has 1 aliphatic heterocycles. The van der Waals surface area contributed by atoms with Crippen molar-refractivity contribution in [3.05, 3.63) is 0 Å². The summed E-state index contributed by atoms with van der Waals surface area (Å²) in [5.74, 6) is 0.864.